The molecule has 25 aromatic rings. The molecule has 2 aliphatic rings. The van der Waals surface area contributed by atoms with E-state index in [0.717, 1.165) is 77.7 Å². The zero-order valence-corrected chi connectivity index (χ0v) is 69.9. The highest BCUT2D eigenvalue weighted by Gasteiger charge is 2.38. The lowest BCUT2D eigenvalue weighted by Gasteiger charge is -2.22. The van der Waals surface area contributed by atoms with Crippen molar-refractivity contribution in [2.45, 2.75) is 38.5 Å². The van der Waals surface area contributed by atoms with Crippen LogP contribution in [0.3, 0.4) is 0 Å². The van der Waals surface area contributed by atoms with Crippen LogP contribution in [0.25, 0.3) is 232 Å². The first-order valence-electron chi connectivity index (χ1n) is 43.7. The summed E-state index contributed by atoms with van der Waals surface area (Å²) in [5.74, 6) is 0. The van der Waals surface area contributed by atoms with Gasteiger partial charge in [0.1, 0.15) is 22.3 Å². The smallest absolute Gasteiger partial charge is 0.137 e. The summed E-state index contributed by atoms with van der Waals surface area (Å²) in [6.45, 7) is 9.49. The molecule has 0 N–H and O–H groups in total. The highest BCUT2D eigenvalue weighted by Crippen LogP contribution is 2.55. The molecular weight excluding hydrogens is 1530 g/mol. The molecule has 0 amide bonds. The Bertz CT molecular complexity index is 8800. The fraction of sp³-hybridized carbons (Fsp3) is 0.0500. The molecular formula is C120H80N4O2. The minimum absolute atomic E-state index is 0.105. The minimum atomic E-state index is -0.143. The molecule has 0 unspecified atom stereocenters. The maximum atomic E-state index is 6.45. The van der Waals surface area contributed by atoms with Crippen LogP contribution >= 0.6 is 0 Å². The molecule has 0 spiro atoms. The molecule has 27 rings (SSSR count). The molecule has 0 atom stereocenters. The third kappa shape index (κ3) is 10.8. The number of furan rings is 2. The van der Waals surface area contributed by atoms with Crippen molar-refractivity contribution in [3.63, 3.8) is 0 Å². The first-order valence-corrected chi connectivity index (χ1v) is 43.7. The highest BCUT2D eigenvalue weighted by atomic mass is 16.3. The molecule has 592 valence electrons. The molecule has 0 radical (unpaired) electrons. The number of rotatable bonds is 9. The van der Waals surface area contributed by atoms with Gasteiger partial charge in [0.2, 0.25) is 0 Å². The van der Waals surface area contributed by atoms with Gasteiger partial charge in [-0.15, -0.1) is 0 Å². The van der Waals surface area contributed by atoms with E-state index >= 15 is 0 Å². The zero-order valence-electron chi connectivity index (χ0n) is 69.9. The number of nitrogens with zero attached hydrogens (tertiary/aromatic N) is 4. The first kappa shape index (κ1) is 71.7. The van der Waals surface area contributed by atoms with E-state index in [9.17, 15) is 0 Å². The SMILES string of the molecule is CC1(C)c2ccccc2-c2cc3c4cc(-c5ccc6c(c5)c5cc7c(cc5n6-c5ccccc5)oc5ccccc57)ccc4n(-c4cc(-c5ccccc5)cc(-c5ccccc5)c4)c3cc21.CC1(C)c2ccccc2-c2cc3c4cc(-c5ccc6c(c5)c5cc7c(cc5n6-c5ccccc5)oc5ccccc57)ccc4n(-c4ccc(-c5ccccc5)cc4)c3cc21. The van der Waals surface area contributed by atoms with Gasteiger partial charge in [-0.25, -0.2) is 0 Å². The molecule has 126 heavy (non-hydrogen) atoms. The summed E-state index contributed by atoms with van der Waals surface area (Å²) in [5, 5.41) is 14.4. The Morgan fingerprint density at radius 2 is 0.452 bits per heavy atom. The van der Waals surface area contributed by atoms with Crippen molar-refractivity contribution in [2.75, 3.05) is 0 Å². The van der Waals surface area contributed by atoms with Crippen LogP contribution in [0.15, 0.2) is 421 Å². The van der Waals surface area contributed by atoms with Gasteiger partial charge in [0.15, 0.2) is 0 Å². The van der Waals surface area contributed by atoms with Gasteiger partial charge in [-0.2, -0.15) is 0 Å². The molecule has 2 aliphatic carbocycles. The van der Waals surface area contributed by atoms with E-state index in [0.29, 0.717) is 0 Å². The third-order valence-corrected chi connectivity index (χ3v) is 27.8. The zero-order chi connectivity index (χ0) is 83.4. The summed E-state index contributed by atoms with van der Waals surface area (Å²) in [7, 11) is 0. The maximum absolute atomic E-state index is 6.45. The third-order valence-electron chi connectivity index (χ3n) is 27.8. The number of hydrogen-bond acceptors (Lipinski definition) is 2. The average molecular weight is 1610 g/mol. The van der Waals surface area contributed by atoms with E-state index in [1.54, 1.807) is 0 Å². The van der Waals surface area contributed by atoms with Crippen LogP contribution in [0.4, 0.5) is 0 Å². The second kappa shape index (κ2) is 27.2. The largest absolute Gasteiger partial charge is 0.456 e. The Kier molecular flexibility index (Phi) is 15.5. The van der Waals surface area contributed by atoms with Crippen molar-refractivity contribution in [2.24, 2.45) is 0 Å². The highest BCUT2D eigenvalue weighted by molar-refractivity contribution is 6.21. The van der Waals surface area contributed by atoms with Gasteiger partial charge in [-0.05, 0) is 252 Å². The Balaban J connectivity index is 0.000000135. The van der Waals surface area contributed by atoms with E-state index in [1.165, 1.54) is 176 Å². The van der Waals surface area contributed by atoms with Crippen molar-refractivity contribution >= 4 is 131 Å². The molecule has 0 saturated carbocycles. The van der Waals surface area contributed by atoms with Gasteiger partial charge in [-0.3, -0.25) is 0 Å². The molecule has 0 saturated heterocycles. The summed E-state index contributed by atoms with van der Waals surface area (Å²) in [4.78, 5) is 0. The number of aromatic nitrogens is 4. The van der Waals surface area contributed by atoms with Gasteiger partial charge >= 0.3 is 0 Å². The van der Waals surface area contributed by atoms with Crippen molar-refractivity contribution < 1.29 is 8.83 Å². The van der Waals surface area contributed by atoms with E-state index in [4.69, 9.17) is 8.83 Å². The van der Waals surface area contributed by atoms with Crippen molar-refractivity contribution in [3.05, 3.63) is 435 Å². The second-order valence-corrected chi connectivity index (χ2v) is 35.5. The fourth-order valence-corrected chi connectivity index (χ4v) is 21.7. The van der Waals surface area contributed by atoms with Gasteiger partial charge in [-0.1, -0.05) is 276 Å². The molecule has 19 aromatic carbocycles. The molecule has 6 heterocycles. The lowest BCUT2D eigenvalue weighted by Crippen LogP contribution is -2.15. The van der Waals surface area contributed by atoms with Crippen LogP contribution in [0.2, 0.25) is 0 Å². The van der Waals surface area contributed by atoms with Gasteiger partial charge in [0.05, 0.1) is 44.1 Å². The predicted octanol–water partition coefficient (Wildman–Crippen LogP) is 32.5. The van der Waals surface area contributed by atoms with Gasteiger partial charge in [0.25, 0.3) is 0 Å². The molecule has 0 fully saturated rings. The van der Waals surface area contributed by atoms with Crippen molar-refractivity contribution in [3.8, 4) is 101 Å². The first-order chi connectivity index (χ1) is 61.9. The Hall–Kier alpha value is -16.0. The fourth-order valence-electron chi connectivity index (χ4n) is 21.7. The predicted molar refractivity (Wildman–Crippen MR) is 527 cm³/mol. The van der Waals surface area contributed by atoms with E-state index in [-0.39, 0.29) is 10.8 Å². The summed E-state index contributed by atoms with van der Waals surface area (Å²) in [5.41, 5.74) is 40.1. The molecule has 6 aromatic heterocycles. The molecule has 0 bridgehead atoms. The Morgan fingerprint density at radius 1 is 0.159 bits per heavy atom. The second-order valence-electron chi connectivity index (χ2n) is 35.5. The van der Waals surface area contributed by atoms with Crippen LogP contribution in [0.1, 0.15) is 49.9 Å². The van der Waals surface area contributed by atoms with Crippen LogP contribution in [-0.4, -0.2) is 18.3 Å². The lowest BCUT2D eigenvalue weighted by atomic mass is 9.82. The van der Waals surface area contributed by atoms with Crippen molar-refractivity contribution in [1.29, 1.82) is 0 Å². The van der Waals surface area contributed by atoms with Crippen LogP contribution < -0.4 is 0 Å². The normalized spacial score (nSPS) is 13.2. The van der Waals surface area contributed by atoms with Gasteiger partial charge in [0, 0.05) is 110 Å². The number of para-hydroxylation sites is 4. The lowest BCUT2D eigenvalue weighted by molar-refractivity contribution is 0.661. The summed E-state index contributed by atoms with van der Waals surface area (Å²) < 4.78 is 22.6. The summed E-state index contributed by atoms with van der Waals surface area (Å²) in [6.07, 6.45) is 0. The monoisotopic (exact) mass is 1610 g/mol. The topological polar surface area (TPSA) is 46.0 Å². The molecule has 6 nitrogen and oxygen atoms in total. The number of benzene rings is 19. The maximum Gasteiger partial charge on any atom is 0.137 e. The summed E-state index contributed by atoms with van der Waals surface area (Å²) in [6, 6.07) is 152. The number of fused-ring (bicyclic) bond motifs is 24. The van der Waals surface area contributed by atoms with Gasteiger partial charge < -0.3 is 27.1 Å². The molecule has 0 aliphatic heterocycles. The Labute approximate surface area is 727 Å². The standard InChI is InChI=1S/C63H42N2O.C57H38N2O/c1-63(2)55-24-14-12-22-47(55)49-35-52-50-33-42(27-29-58(50)65(59(52)37-56(49)63)46-31-43(39-16-6-3-7-17-39)30-44(32-46)40-18-8-4-9-19-40)41-26-28-57-51(34-41)53-36-54-48-23-13-15-25-61(48)66-62(54)38-60(53)64(57)45-20-10-5-11-21-45;1-57(2)49-19-11-9-17-41(49)43-31-46-44-29-37(24-28-52(44)59(53(46)33-50(43)57)40-25-21-36(22-26-40)35-13-5-3-6-14-35)38-23-27-51-45(30-38)47-32-48-42-18-10-12-20-55(42)60-56(48)34-54(47)58(51)39-15-7-4-8-16-39/h3-38H,1-2H3;3-34H,1-2H3. The van der Waals surface area contributed by atoms with E-state index < -0.39 is 0 Å². The average Bonchev–Trinajstić information content (AvgIpc) is 1.58. The molecule has 6 heteroatoms. The van der Waals surface area contributed by atoms with Crippen LogP contribution in [-0.2, 0) is 10.8 Å². The number of hydrogen-bond donors (Lipinski definition) is 0. The van der Waals surface area contributed by atoms with E-state index in [1.807, 2.05) is 12.1 Å². The summed E-state index contributed by atoms with van der Waals surface area (Å²) >= 11 is 0. The Morgan fingerprint density at radius 3 is 0.849 bits per heavy atom. The quantitative estimate of drug-likeness (QED) is 0.145. The van der Waals surface area contributed by atoms with Crippen LogP contribution in [0, 0.1) is 0 Å². The van der Waals surface area contributed by atoms with E-state index in [2.05, 4.69) is 446 Å². The van der Waals surface area contributed by atoms with Crippen molar-refractivity contribution in [1.82, 2.24) is 18.3 Å². The van der Waals surface area contributed by atoms with Crippen LogP contribution in [0.5, 0.6) is 0 Å². The minimum Gasteiger partial charge on any atom is -0.456 e.